The van der Waals surface area contributed by atoms with Gasteiger partial charge in [-0.15, -0.1) is 0 Å². The van der Waals surface area contributed by atoms with Crippen LogP contribution in [0.2, 0.25) is 0 Å². The Morgan fingerprint density at radius 1 is 1.31 bits per heavy atom. The second kappa shape index (κ2) is 4.72. The summed E-state index contributed by atoms with van der Waals surface area (Å²) in [6.07, 6.45) is 0. The highest BCUT2D eigenvalue weighted by Crippen LogP contribution is 2.37. The van der Waals surface area contributed by atoms with Crippen LogP contribution in [0.4, 0.5) is 0 Å². The highest BCUT2D eigenvalue weighted by Gasteiger charge is 2.25. The zero-order valence-electron chi connectivity index (χ0n) is 9.75. The Bertz CT molecular complexity index is 380. The molecule has 0 amide bonds. The van der Waals surface area contributed by atoms with Crippen molar-refractivity contribution in [3.63, 3.8) is 0 Å². The Labute approximate surface area is 95.7 Å². The third-order valence-corrected chi connectivity index (χ3v) is 3.10. The molecule has 0 saturated heterocycles. The molecule has 0 saturated carbocycles. The molecule has 1 aliphatic rings. The van der Waals surface area contributed by atoms with Gasteiger partial charge in [0.15, 0.2) is 0 Å². The third kappa shape index (κ3) is 1.74. The quantitative estimate of drug-likeness (QED) is 0.796. The summed E-state index contributed by atoms with van der Waals surface area (Å²) in [5.74, 6) is 2.11. The smallest absolute Gasteiger partial charge is 0.123 e. The van der Waals surface area contributed by atoms with Crippen LogP contribution in [-0.4, -0.2) is 27.3 Å². The number of hydrogen-bond donors (Lipinski definition) is 2. The van der Waals surface area contributed by atoms with Crippen molar-refractivity contribution in [1.82, 2.24) is 5.32 Å². The molecule has 1 aromatic rings. The fourth-order valence-corrected chi connectivity index (χ4v) is 2.30. The summed E-state index contributed by atoms with van der Waals surface area (Å²) in [6.45, 7) is 2.32. The normalized spacial score (nSPS) is 19.1. The molecule has 3 N–H and O–H groups in total. The first-order chi connectivity index (χ1) is 7.81. The average Bonchev–Trinajstić information content (AvgIpc) is 2.36. The van der Waals surface area contributed by atoms with Crippen molar-refractivity contribution in [1.29, 1.82) is 0 Å². The molecule has 88 valence electrons. The summed E-state index contributed by atoms with van der Waals surface area (Å²) in [5.41, 5.74) is 8.16. The topological polar surface area (TPSA) is 56.5 Å². The van der Waals surface area contributed by atoms with Crippen LogP contribution in [0.25, 0.3) is 0 Å². The van der Waals surface area contributed by atoms with Crippen LogP contribution in [0, 0.1) is 0 Å². The van der Waals surface area contributed by atoms with E-state index < -0.39 is 0 Å². The number of ether oxygens (including phenoxy) is 2. The molecule has 1 atom stereocenters. The molecule has 1 heterocycles. The van der Waals surface area contributed by atoms with E-state index in [9.17, 15) is 0 Å². The van der Waals surface area contributed by atoms with Gasteiger partial charge in [0, 0.05) is 36.7 Å². The van der Waals surface area contributed by atoms with Crippen LogP contribution in [-0.2, 0) is 6.54 Å². The van der Waals surface area contributed by atoms with E-state index in [0.717, 1.165) is 24.6 Å². The standard InChI is InChI=1S/C12H18N2O2/c1-15-10-3-4-11(16-2)12-8(5-13)6-14-7-9(10)12/h3-4,8,14H,5-7,13H2,1-2H3. The van der Waals surface area contributed by atoms with Crippen molar-refractivity contribution in [2.24, 2.45) is 5.73 Å². The molecule has 16 heavy (non-hydrogen) atoms. The van der Waals surface area contributed by atoms with Gasteiger partial charge in [-0.2, -0.15) is 0 Å². The number of nitrogens with two attached hydrogens (primary N) is 1. The minimum Gasteiger partial charge on any atom is -0.496 e. The number of benzene rings is 1. The Balaban J connectivity index is 2.54. The number of fused-ring (bicyclic) bond motifs is 1. The summed E-state index contributed by atoms with van der Waals surface area (Å²) < 4.78 is 10.8. The molecular weight excluding hydrogens is 204 g/mol. The highest BCUT2D eigenvalue weighted by molar-refractivity contribution is 5.52. The van der Waals surface area contributed by atoms with Crippen molar-refractivity contribution < 1.29 is 9.47 Å². The molecule has 1 aliphatic heterocycles. The van der Waals surface area contributed by atoms with Gasteiger partial charge >= 0.3 is 0 Å². The maximum absolute atomic E-state index is 5.80. The predicted octanol–water partition coefficient (Wildman–Crippen LogP) is 0.849. The Morgan fingerprint density at radius 3 is 2.62 bits per heavy atom. The largest absolute Gasteiger partial charge is 0.496 e. The van der Waals surface area contributed by atoms with Crippen LogP contribution in [0.15, 0.2) is 12.1 Å². The number of rotatable bonds is 3. The maximum Gasteiger partial charge on any atom is 0.123 e. The molecule has 4 nitrogen and oxygen atoms in total. The lowest BCUT2D eigenvalue weighted by Gasteiger charge is -2.28. The number of hydrogen-bond acceptors (Lipinski definition) is 4. The molecule has 0 spiro atoms. The monoisotopic (exact) mass is 222 g/mol. The van der Waals surface area contributed by atoms with Gasteiger partial charge in [-0.25, -0.2) is 0 Å². The Kier molecular flexibility index (Phi) is 3.31. The molecule has 0 bridgehead atoms. The van der Waals surface area contributed by atoms with Gasteiger partial charge in [0.05, 0.1) is 14.2 Å². The van der Waals surface area contributed by atoms with Gasteiger partial charge in [-0.3, -0.25) is 0 Å². The third-order valence-electron chi connectivity index (χ3n) is 3.10. The first-order valence-electron chi connectivity index (χ1n) is 5.46. The van der Waals surface area contributed by atoms with Gasteiger partial charge in [0.2, 0.25) is 0 Å². The molecule has 0 aromatic heterocycles. The minimum atomic E-state index is 0.300. The van der Waals surface area contributed by atoms with Gasteiger partial charge in [0.1, 0.15) is 11.5 Å². The van der Waals surface area contributed by atoms with E-state index in [0.29, 0.717) is 12.5 Å². The molecule has 0 aliphatic carbocycles. The van der Waals surface area contributed by atoms with E-state index in [2.05, 4.69) is 5.32 Å². The highest BCUT2D eigenvalue weighted by atomic mass is 16.5. The van der Waals surface area contributed by atoms with Crippen LogP contribution in [0.5, 0.6) is 11.5 Å². The lowest BCUT2D eigenvalue weighted by molar-refractivity contribution is 0.380. The first-order valence-corrected chi connectivity index (χ1v) is 5.46. The van der Waals surface area contributed by atoms with Crippen molar-refractivity contribution in [3.8, 4) is 11.5 Å². The van der Waals surface area contributed by atoms with Crippen LogP contribution in [0.1, 0.15) is 17.0 Å². The number of methoxy groups -OCH3 is 2. The number of nitrogens with one attached hydrogen (secondary N) is 1. The maximum atomic E-state index is 5.80. The Morgan fingerprint density at radius 2 is 2.00 bits per heavy atom. The van der Waals surface area contributed by atoms with Crippen LogP contribution in [0.3, 0.4) is 0 Å². The van der Waals surface area contributed by atoms with E-state index in [1.807, 2.05) is 12.1 Å². The lowest BCUT2D eigenvalue weighted by Crippen LogP contribution is -2.33. The fraction of sp³-hybridized carbons (Fsp3) is 0.500. The first kappa shape index (κ1) is 11.2. The van der Waals surface area contributed by atoms with Gasteiger partial charge < -0.3 is 20.5 Å². The lowest BCUT2D eigenvalue weighted by atomic mass is 9.89. The molecule has 0 fully saturated rings. The minimum absolute atomic E-state index is 0.300. The molecule has 0 radical (unpaired) electrons. The second-order valence-corrected chi connectivity index (χ2v) is 3.93. The van der Waals surface area contributed by atoms with Crippen molar-refractivity contribution in [2.45, 2.75) is 12.5 Å². The predicted molar refractivity (Wildman–Crippen MR) is 63.0 cm³/mol. The summed E-state index contributed by atoms with van der Waals surface area (Å²) in [7, 11) is 3.38. The van der Waals surface area contributed by atoms with Gasteiger partial charge in [0.25, 0.3) is 0 Å². The van der Waals surface area contributed by atoms with Gasteiger partial charge in [-0.1, -0.05) is 0 Å². The van der Waals surface area contributed by atoms with Crippen molar-refractivity contribution in [3.05, 3.63) is 23.3 Å². The summed E-state index contributed by atoms with van der Waals surface area (Å²) >= 11 is 0. The molecule has 1 aromatic carbocycles. The van der Waals surface area contributed by atoms with E-state index in [1.165, 1.54) is 11.1 Å². The average molecular weight is 222 g/mol. The van der Waals surface area contributed by atoms with E-state index in [1.54, 1.807) is 14.2 Å². The van der Waals surface area contributed by atoms with Gasteiger partial charge in [-0.05, 0) is 12.1 Å². The van der Waals surface area contributed by atoms with E-state index in [-0.39, 0.29) is 0 Å². The zero-order valence-corrected chi connectivity index (χ0v) is 9.75. The summed E-state index contributed by atoms with van der Waals surface area (Å²) in [5, 5.41) is 3.35. The zero-order chi connectivity index (χ0) is 11.5. The fourth-order valence-electron chi connectivity index (χ4n) is 2.30. The molecule has 2 rings (SSSR count). The second-order valence-electron chi connectivity index (χ2n) is 3.93. The van der Waals surface area contributed by atoms with Crippen molar-refractivity contribution >= 4 is 0 Å². The Hall–Kier alpha value is -1.26. The summed E-state index contributed by atoms with van der Waals surface area (Å²) in [4.78, 5) is 0. The van der Waals surface area contributed by atoms with Crippen LogP contribution < -0.4 is 20.5 Å². The molecular formula is C12H18N2O2. The van der Waals surface area contributed by atoms with E-state index in [4.69, 9.17) is 15.2 Å². The SMILES string of the molecule is COc1ccc(OC)c2c1CNCC2CN. The van der Waals surface area contributed by atoms with Crippen molar-refractivity contribution in [2.75, 3.05) is 27.3 Å². The molecule has 4 heteroatoms. The van der Waals surface area contributed by atoms with E-state index >= 15 is 0 Å². The molecule has 1 unspecified atom stereocenters. The summed E-state index contributed by atoms with van der Waals surface area (Å²) in [6, 6.07) is 3.89. The van der Waals surface area contributed by atoms with Crippen LogP contribution >= 0.6 is 0 Å².